The first-order valence-corrected chi connectivity index (χ1v) is 6.77. The summed E-state index contributed by atoms with van der Waals surface area (Å²) in [4.78, 5) is 18.2. The number of hydrogen-bond donors (Lipinski definition) is 3. The Kier molecular flexibility index (Phi) is 4.90. The van der Waals surface area contributed by atoms with E-state index >= 15 is 0 Å². The highest BCUT2D eigenvalue weighted by Gasteiger charge is 2.17. The average molecular weight is 287 g/mol. The summed E-state index contributed by atoms with van der Waals surface area (Å²) in [6.07, 6.45) is 2.57. The highest BCUT2D eigenvalue weighted by molar-refractivity contribution is 6.27. The second kappa shape index (κ2) is 6.85. The number of carboxylic acid groups (broad SMARTS) is 2. The molecule has 3 rings (SSSR count). The Balaban J connectivity index is 0.000000232. The molecule has 2 aromatic rings. The summed E-state index contributed by atoms with van der Waals surface area (Å²) in [6, 6.07) is 15.8. The fourth-order valence-corrected chi connectivity index (χ4v) is 2.50. The van der Waals surface area contributed by atoms with Crippen molar-refractivity contribution in [3.63, 3.8) is 0 Å². The Bertz CT molecular complexity index is 630. The second-order valence-electron chi connectivity index (χ2n) is 4.83. The Hall–Kier alpha value is -2.40. The van der Waals surface area contributed by atoms with Gasteiger partial charge in [0.1, 0.15) is 0 Å². The van der Waals surface area contributed by atoms with E-state index in [-0.39, 0.29) is 0 Å². The van der Waals surface area contributed by atoms with Crippen molar-refractivity contribution in [3.8, 4) is 0 Å². The van der Waals surface area contributed by atoms with Crippen LogP contribution in [0.5, 0.6) is 0 Å². The molecular weight excluding hydrogens is 270 g/mol. The molecule has 0 amide bonds. The molecule has 0 bridgehead atoms. The lowest BCUT2D eigenvalue weighted by Crippen LogP contribution is -2.12. The van der Waals surface area contributed by atoms with Crippen LogP contribution in [0.4, 0.5) is 0 Å². The third-order valence-electron chi connectivity index (χ3n) is 3.44. The van der Waals surface area contributed by atoms with Crippen molar-refractivity contribution in [1.29, 1.82) is 0 Å². The van der Waals surface area contributed by atoms with Gasteiger partial charge < -0.3 is 15.5 Å². The lowest BCUT2D eigenvalue weighted by atomic mass is 9.98. The first kappa shape index (κ1) is 15.0. The molecule has 0 aliphatic carbocycles. The largest absolute Gasteiger partial charge is 0.473 e. The monoisotopic (exact) mass is 287 g/mol. The van der Waals surface area contributed by atoms with E-state index in [1.54, 1.807) is 0 Å². The fourth-order valence-electron chi connectivity index (χ4n) is 2.50. The van der Waals surface area contributed by atoms with Crippen LogP contribution in [0.3, 0.4) is 0 Å². The molecule has 1 unspecified atom stereocenters. The maximum Gasteiger partial charge on any atom is 0.414 e. The summed E-state index contributed by atoms with van der Waals surface area (Å²) in [5.41, 5.74) is 1.46. The third-order valence-corrected chi connectivity index (χ3v) is 3.44. The van der Waals surface area contributed by atoms with Crippen LogP contribution in [0.2, 0.25) is 0 Å². The number of nitrogens with one attached hydrogen (secondary N) is 1. The van der Waals surface area contributed by atoms with Crippen LogP contribution >= 0.6 is 0 Å². The van der Waals surface area contributed by atoms with Crippen molar-refractivity contribution in [2.75, 3.05) is 6.54 Å². The van der Waals surface area contributed by atoms with Gasteiger partial charge in [0, 0.05) is 6.04 Å². The molecule has 5 heteroatoms. The van der Waals surface area contributed by atoms with Gasteiger partial charge in [0.05, 0.1) is 0 Å². The Morgan fingerprint density at radius 3 is 2.29 bits per heavy atom. The van der Waals surface area contributed by atoms with Gasteiger partial charge in [0.25, 0.3) is 0 Å². The van der Waals surface area contributed by atoms with Crippen LogP contribution < -0.4 is 5.32 Å². The van der Waals surface area contributed by atoms with E-state index in [0.717, 1.165) is 6.54 Å². The van der Waals surface area contributed by atoms with Crippen molar-refractivity contribution in [1.82, 2.24) is 5.32 Å². The number of benzene rings is 2. The molecule has 110 valence electrons. The normalized spacial score (nSPS) is 17.0. The van der Waals surface area contributed by atoms with Gasteiger partial charge in [-0.25, -0.2) is 9.59 Å². The number of rotatable bonds is 1. The predicted octanol–water partition coefficient (Wildman–Crippen LogP) is 2.42. The molecule has 5 nitrogen and oxygen atoms in total. The van der Waals surface area contributed by atoms with Gasteiger partial charge in [-0.1, -0.05) is 42.5 Å². The van der Waals surface area contributed by atoms with Crippen LogP contribution in [-0.4, -0.2) is 28.7 Å². The van der Waals surface area contributed by atoms with E-state index in [9.17, 15) is 0 Å². The van der Waals surface area contributed by atoms with Gasteiger partial charge in [-0.3, -0.25) is 0 Å². The number of fused-ring (bicyclic) bond motifs is 1. The van der Waals surface area contributed by atoms with Crippen LogP contribution in [0.15, 0.2) is 42.5 Å². The third kappa shape index (κ3) is 3.79. The zero-order valence-corrected chi connectivity index (χ0v) is 11.5. The van der Waals surface area contributed by atoms with Gasteiger partial charge in [-0.05, 0) is 35.7 Å². The minimum Gasteiger partial charge on any atom is -0.473 e. The van der Waals surface area contributed by atoms with E-state index in [1.807, 2.05) is 0 Å². The molecule has 0 spiro atoms. The van der Waals surface area contributed by atoms with Crippen molar-refractivity contribution >= 4 is 22.7 Å². The highest BCUT2D eigenvalue weighted by atomic mass is 16.4. The standard InChI is InChI=1S/C14H15N.C2H2O4/c1-2-7-12-11(5-1)6-3-8-13(12)14-9-4-10-15-14;3-1(4)2(5)6/h1-3,5-8,14-15H,4,9-10H2;(H,3,4)(H,5,6). The molecule has 2 aromatic carbocycles. The Morgan fingerprint density at radius 2 is 1.67 bits per heavy atom. The zero-order chi connectivity index (χ0) is 15.2. The maximum absolute atomic E-state index is 9.10. The lowest BCUT2D eigenvalue weighted by molar-refractivity contribution is -0.159. The van der Waals surface area contributed by atoms with Crippen LogP contribution in [-0.2, 0) is 9.59 Å². The Labute approximate surface area is 122 Å². The number of carboxylic acids is 2. The lowest BCUT2D eigenvalue weighted by Gasteiger charge is -2.13. The molecule has 1 atom stereocenters. The predicted molar refractivity (Wildman–Crippen MR) is 79.2 cm³/mol. The van der Waals surface area contributed by atoms with Crippen molar-refractivity contribution in [2.45, 2.75) is 18.9 Å². The molecule has 1 aliphatic heterocycles. The van der Waals surface area contributed by atoms with E-state index in [2.05, 4.69) is 47.8 Å². The number of hydrogen-bond acceptors (Lipinski definition) is 3. The number of carbonyl (C=O) groups is 2. The molecule has 0 radical (unpaired) electrons. The van der Waals surface area contributed by atoms with Crippen molar-refractivity contribution in [2.24, 2.45) is 0 Å². The topological polar surface area (TPSA) is 86.6 Å². The molecule has 0 saturated carbocycles. The molecular formula is C16H17NO4. The van der Waals surface area contributed by atoms with Crippen molar-refractivity contribution in [3.05, 3.63) is 48.0 Å². The quantitative estimate of drug-likeness (QED) is 0.701. The summed E-state index contributed by atoms with van der Waals surface area (Å²) in [5.74, 6) is -3.65. The minimum atomic E-state index is -1.82. The molecule has 3 N–H and O–H groups in total. The molecule has 1 aliphatic rings. The smallest absolute Gasteiger partial charge is 0.414 e. The summed E-state index contributed by atoms with van der Waals surface area (Å²) in [6.45, 7) is 1.16. The van der Waals surface area contributed by atoms with Gasteiger partial charge in [0.2, 0.25) is 0 Å². The van der Waals surface area contributed by atoms with E-state index in [1.165, 1.54) is 29.2 Å². The van der Waals surface area contributed by atoms with Gasteiger partial charge in [-0.2, -0.15) is 0 Å². The maximum atomic E-state index is 9.10. The SMILES string of the molecule is O=C(O)C(=O)O.c1ccc2c(C3CCCN3)cccc2c1. The summed E-state index contributed by atoms with van der Waals surface area (Å²) >= 11 is 0. The van der Waals surface area contributed by atoms with Crippen LogP contribution in [0.25, 0.3) is 10.8 Å². The second-order valence-corrected chi connectivity index (χ2v) is 4.83. The minimum absolute atomic E-state index is 0.566. The molecule has 0 aromatic heterocycles. The van der Waals surface area contributed by atoms with Gasteiger partial charge >= 0.3 is 11.9 Å². The van der Waals surface area contributed by atoms with Crippen LogP contribution in [0, 0.1) is 0 Å². The average Bonchev–Trinajstić information content (AvgIpc) is 3.01. The van der Waals surface area contributed by atoms with Gasteiger partial charge in [0.15, 0.2) is 0 Å². The van der Waals surface area contributed by atoms with Crippen LogP contribution in [0.1, 0.15) is 24.4 Å². The van der Waals surface area contributed by atoms with Crippen molar-refractivity contribution < 1.29 is 19.8 Å². The van der Waals surface area contributed by atoms with E-state index < -0.39 is 11.9 Å². The fraction of sp³-hybridized carbons (Fsp3) is 0.250. The summed E-state index contributed by atoms with van der Waals surface area (Å²) in [5, 5.41) is 21.1. The van der Waals surface area contributed by atoms with E-state index in [4.69, 9.17) is 19.8 Å². The molecule has 1 saturated heterocycles. The summed E-state index contributed by atoms with van der Waals surface area (Å²) < 4.78 is 0. The molecule has 1 fully saturated rings. The first-order valence-electron chi connectivity index (χ1n) is 6.77. The first-order chi connectivity index (χ1) is 10.1. The highest BCUT2D eigenvalue weighted by Crippen LogP contribution is 2.29. The van der Waals surface area contributed by atoms with E-state index in [0.29, 0.717) is 6.04 Å². The molecule has 21 heavy (non-hydrogen) atoms. The van der Waals surface area contributed by atoms with Gasteiger partial charge in [-0.15, -0.1) is 0 Å². The summed E-state index contributed by atoms with van der Waals surface area (Å²) in [7, 11) is 0. The molecule has 1 heterocycles. The zero-order valence-electron chi connectivity index (χ0n) is 11.5. The Morgan fingerprint density at radius 1 is 1.00 bits per heavy atom. The number of aliphatic carboxylic acids is 2.